The number of thiazole rings is 1. The van der Waals surface area contributed by atoms with Gasteiger partial charge in [0.2, 0.25) is 0 Å². The molecule has 0 saturated heterocycles. The average Bonchev–Trinajstić information content (AvgIpc) is 2.94. The van der Waals surface area contributed by atoms with Crippen molar-refractivity contribution in [1.29, 1.82) is 0 Å². The molecule has 0 spiro atoms. The summed E-state index contributed by atoms with van der Waals surface area (Å²) in [6, 6.07) is 14.1. The van der Waals surface area contributed by atoms with Crippen LogP contribution in [0, 0.1) is 0 Å². The van der Waals surface area contributed by atoms with Gasteiger partial charge in [0.25, 0.3) is 0 Å². The lowest BCUT2D eigenvalue weighted by atomic mass is 10.1. The summed E-state index contributed by atoms with van der Waals surface area (Å²) in [6.07, 6.45) is 3.56. The zero-order valence-corrected chi connectivity index (χ0v) is 12.0. The predicted molar refractivity (Wildman–Crippen MR) is 83.4 cm³/mol. The minimum absolute atomic E-state index is 0.0294. The van der Waals surface area contributed by atoms with Gasteiger partial charge in [0.15, 0.2) is 0 Å². The molecule has 100 valence electrons. The Morgan fingerprint density at radius 2 is 1.70 bits per heavy atom. The summed E-state index contributed by atoms with van der Waals surface area (Å²) >= 11 is 1.65. The fourth-order valence-electron chi connectivity index (χ4n) is 2.06. The van der Waals surface area contributed by atoms with Crippen molar-refractivity contribution in [3.05, 3.63) is 59.7 Å². The third-order valence-electron chi connectivity index (χ3n) is 3.04. The van der Waals surface area contributed by atoms with Gasteiger partial charge in [0, 0.05) is 34.4 Å². The number of rotatable bonds is 3. The molecule has 2 aromatic heterocycles. The number of hydrogen-bond acceptors (Lipinski definition) is 4. The Morgan fingerprint density at radius 3 is 2.35 bits per heavy atom. The first kappa shape index (κ1) is 13.0. The normalized spacial score (nSPS) is 12.3. The summed E-state index contributed by atoms with van der Waals surface area (Å²) in [5.74, 6) is 0. The van der Waals surface area contributed by atoms with Gasteiger partial charge in [-0.15, -0.1) is 11.3 Å². The highest BCUT2D eigenvalue weighted by Gasteiger charge is 2.16. The lowest BCUT2D eigenvalue weighted by molar-refractivity contribution is 0.837. The van der Waals surface area contributed by atoms with Gasteiger partial charge in [-0.2, -0.15) is 0 Å². The molecule has 2 heterocycles. The van der Waals surface area contributed by atoms with E-state index in [1.165, 1.54) is 0 Å². The van der Waals surface area contributed by atoms with Gasteiger partial charge >= 0.3 is 0 Å². The van der Waals surface area contributed by atoms with Crippen molar-refractivity contribution >= 4 is 11.3 Å². The Morgan fingerprint density at radius 1 is 1.00 bits per heavy atom. The molecular weight excluding hydrogens is 266 g/mol. The Balaban J connectivity index is 2.13. The van der Waals surface area contributed by atoms with E-state index in [9.17, 15) is 0 Å². The summed E-state index contributed by atoms with van der Waals surface area (Å²) in [5.41, 5.74) is 9.27. The van der Waals surface area contributed by atoms with E-state index in [1.54, 1.807) is 23.7 Å². The van der Waals surface area contributed by atoms with Crippen molar-refractivity contribution in [2.24, 2.45) is 5.73 Å². The van der Waals surface area contributed by atoms with E-state index >= 15 is 0 Å². The first-order chi connectivity index (χ1) is 9.75. The van der Waals surface area contributed by atoms with Crippen molar-refractivity contribution in [3.8, 4) is 21.8 Å². The predicted octanol–water partition coefficient (Wildman–Crippen LogP) is 3.89. The maximum absolute atomic E-state index is 6.10. The van der Waals surface area contributed by atoms with E-state index in [4.69, 9.17) is 10.7 Å². The molecule has 0 radical (unpaired) electrons. The summed E-state index contributed by atoms with van der Waals surface area (Å²) < 4.78 is 0. The molecule has 3 aromatic rings. The number of aromatic nitrogens is 2. The van der Waals surface area contributed by atoms with Crippen LogP contribution in [0.4, 0.5) is 0 Å². The molecule has 1 aromatic carbocycles. The average molecular weight is 281 g/mol. The zero-order chi connectivity index (χ0) is 13.9. The third-order valence-corrected chi connectivity index (χ3v) is 4.35. The van der Waals surface area contributed by atoms with E-state index in [1.807, 2.05) is 37.3 Å². The third kappa shape index (κ3) is 2.48. The highest BCUT2D eigenvalue weighted by Crippen LogP contribution is 2.36. The molecule has 1 unspecified atom stereocenters. The van der Waals surface area contributed by atoms with Crippen LogP contribution in [-0.2, 0) is 0 Å². The van der Waals surface area contributed by atoms with Crippen LogP contribution in [0.3, 0.4) is 0 Å². The fraction of sp³-hybridized carbons (Fsp3) is 0.125. The molecule has 20 heavy (non-hydrogen) atoms. The van der Waals surface area contributed by atoms with Crippen molar-refractivity contribution < 1.29 is 0 Å². The van der Waals surface area contributed by atoms with Gasteiger partial charge in [0.1, 0.15) is 5.01 Å². The smallest absolute Gasteiger partial charge is 0.124 e. The highest BCUT2D eigenvalue weighted by molar-refractivity contribution is 7.15. The van der Waals surface area contributed by atoms with Crippen LogP contribution in [0.2, 0.25) is 0 Å². The molecule has 0 amide bonds. The van der Waals surface area contributed by atoms with Gasteiger partial charge in [-0.05, 0) is 19.1 Å². The quantitative estimate of drug-likeness (QED) is 0.792. The van der Waals surface area contributed by atoms with Crippen molar-refractivity contribution in [2.45, 2.75) is 13.0 Å². The van der Waals surface area contributed by atoms with E-state index in [0.717, 1.165) is 26.7 Å². The van der Waals surface area contributed by atoms with E-state index in [0.29, 0.717) is 0 Å². The molecule has 0 aliphatic carbocycles. The van der Waals surface area contributed by atoms with Crippen LogP contribution >= 0.6 is 11.3 Å². The maximum atomic E-state index is 6.10. The molecule has 0 aliphatic rings. The van der Waals surface area contributed by atoms with E-state index < -0.39 is 0 Å². The number of hydrogen-bond donors (Lipinski definition) is 1. The summed E-state index contributed by atoms with van der Waals surface area (Å²) in [4.78, 5) is 9.94. The Kier molecular flexibility index (Phi) is 3.58. The molecule has 4 heteroatoms. The summed E-state index contributed by atoms with van der Waals surface area (Å²) in [6.45, 7) is 2.00. The van der Waals surface area contributed by atoms with Crippen LogP contribution < -0.4 is 5.73 Å². The largest absolute Gasteiger partial charge is 0.323 e. The fourth-order valence-corrected chi connectivity index (χ4v) is 3.11. The second-order valence-electron chi connectivity index (χ2n) is 4.62. The molecular formula is C16H15N3S. The number of nitrogens with two attached hydrogens (primary N) is 1. The van der Waals surface area contributed by atoms with Crippen LogP contribution in [0.15, 0.2) is 54.9 Å². The number of nitrogens with zero attached hydrogens (tertiary/aromatic N) is 2. The summed E-state index contributed by atoms with van der Waals surface area (Å²) in [7, 11) is 0. The first-order valence-electron chi connectivity index (χ1n) is 6.48. The molecule has 0 fully saturated rings. The lowest BCUT2D eigenvalue weighted by Gasteiger charge is -2.04. The van der Waals surface area contributed by atoms with Crippen molar-refractivity contribution in [1.82, 2.24) is 9.97 Å². The molecule has 2 N–H and O–H groups in total. The first-order valence-corrected chi connectivity index (χ1v) is 7.29. The molecule has 3 nitrogen and oxygen atoms in total. The minimum Gasteiger partial charge on any atom is -0.323 e. The van der Waals surface area contributed by atoms with Crippen LogP contribution in [0.5, 0.6) is 0 Å². The van der Waals surface area contributed by atoms with E-state index in [-0.39, 0.29) is 6.04 Å². The molecule has 3 rings (SSSR count). The van der Waals surface area contributed by atoms with Crippen LogP contribution in [0.25, 0.3) is 21.8 Å². The topological polar surface area (TPSA) is 51.8 Å². The maximum Gasteiger partial charge on any atom is 0.124 e. The zero-order valence-electron chi connectivity index (χ0n) is 11.2. The van der Waals surface area contributed by atoms with Crippen LogP contribution in [0.1, 0.15) is 17.8 Å². The second-order valence-corrected chi connectivity index (χ2v) is 5.65. The van der Waals surface area contributed by atoms with Crippen LogP contribution in [-0.4, -0.2) is 9.97 Å². The van der Waals surface area contributed by atoms with Crippen molar-refractivity contribution in [3.63, 3.8) is 0 Å². The molecule has 0 aliphatic heterocycles. The second kappa shape index (κ2) is 5.53. The molecule has 1 atom stereocenters. The minimum atomic E-state index is -0.0294. The highest BCUT2D eigenvalue weighted by atomic mass is 32.1. The lowest BCUT2D eigenvalue weighted by Crippen LogP contribution is -2.04. The van der Waals surface area contributed by atoms with Gasteiger partial charge in [-0.25, -0.2) is 4.98 Å². The monoisotopic (exact) mass is 281 g/mol. The Hall–Kier alpha value is -2.04. The molecule has 0 bridgehead atoms. The van der Waals surface area contributed by atoms with Gasteiger partial charge < -0.3 is 5.73 Å². The van der Waals surface area contributed by atoms with Crippen molar-refractivity contribution in [2.75, 3.05) is 0 Å². The number of benzene rings is 1. The van der Waals surface area contributed by atoms with Gasteiger partial charge in [-0.1, -0.05) is 30.3 Å². The Labute approximate surface area is 122 Å². The van der Waals surface area contributed by atoms with Gasteiger partial charge in [0.05, 0.1) is 5.69 Å². The standard InChI is InChI=1S/C16H15N3S/c1-11(17)15-14(12-5-3-2-4-6-12)19-16(20-15)13-7-9-18-10-8-13/h2-11H,17H2,1H3. The summed E-state index contributed by atoms with van der Waals surface area (Å²) in [5, 5.41) is 0.985. The SMILES string of the molecule is CC(N)c1sc(-c2ccncc2)nc1-c1ccccc1. The van der Waals surface area contributed by atoms with Gasteiger partial charge in [-0.3, -0.25) is 4.98 Å². The van der Waals surface area contributed by atoms with E-state index in [2.05, 4.69) is 17.1 Å². The number of pyridine rings is 1. The molecule has 0 saturated carbocycles. The Bertz CT molecular complexity index is 690.